The van der Waals surface area contributed by atoms with Gasteiger partial charge in [0.2, 0.25) is 0 Å². The Kier molecular flexibility index (Phi) is 8.51. The van der Waals surface area contributed by atoms with E-state index in [1.165, 1.54) is 17.8 Å². The summed E-state index contributed by atoms with van der Waals surface area (Å²) in [6.45, 7) is 0. The Labute approximate surface area is 179 Å². The van der Waals surface area contributed by atoms with Gasteiger partial charge in [0.1, 0.15) is 6.04 Å². The van der Waals surface area contributed by atoms with Crippen molar-refractivity contribution in [2.45, 2.75) is 31.0 Å². The van der Waals surface area contributed by atoms with Gasteiger partial charge < -0.3 is 10.8 Å². The Balaban J connectivity index is 2.04. The monoisotopic (exact) mass is 471 g/mol. The van der Waals surface area contributed by atoms with Gasteiger partial charge in [-0.2, -0.15) is 24.9 Å². The Bertz CT molecular complexity index is 814. The first-order valence-corrected chi connectivity index (χ1v) is 11.1. The second kappa shape index (κ2) is 10.2. The van der Waals surface area contributed by atoms with E-state index in [0.717, 1.165) is 11.3 Å². The van der Waals surface area contributed by atoms with Gasteiger partial charge in [0, 0.05) is 20.5 Å². The van der Waals surface area contributed by atoms with Gasteiger partial charge in [0.15, 0.2) is 0 Å². The van der Waals surface area contributed by atoms with E-state index in [1.807, 2.05) is 0 Å². The van der Waals surface area contributed by atoms with Crippen LogP contribution in [0.4, 0.5) is 13.2 Å². The molecule has 10 heteroatoms. The standard InChI is InChI=1S/C18H18Cl2F3NO2S2/c19-11-1-2-12(14(20)8-11)10-7-16(28-9-10)13(18(21,22)23)3-5-27-6-4-15(24)17(25)26/h1-2,7-9,13,15H,3-6,24H2,(H,25,26). The summed E-state index contributed by atoms with van der Waals surface area (Å²) in [6, 6.07) is 5.40. The molecule has 0 radical (unpaired) electrons. The summed E-state index contributed by atoms with van der Waals surface area (Å²) in [4.78, 5) is 10.9. The van der Waals surface area contributed by atoms with E-state index in [9.17, 15) is 18.0 Å². The molecule has 1 heterocycles. The summed E-state index contributed by atoms with van der Waals surface area (Å²) < 4.78 is 40.6. The fraction of sp³-hybridized carbons (Fsp3) is 0.389. The third-order valence-corrected chi connectivity index (χ3v) is 6.68. The summed E-state index contributed by atoms with van der Waals surface area (Å²) in [7, 11) is 0. The topological polar surface area (TPSA) is 63.3 Å². The fourth-order valence-corrected chi connectivity index (χ4v) is 5.12. The summed E-state index contributed by atoms with van der Waals surface area (Å²) in [5, 5.41) is 11.2. The summed E-state index contributed by atoms with van der Waals surface area (Å²) >= 11 is 14.3. The molecule has 0 saturated heterocycles. The highest BCUT2D eigenvalue weighted by atomic mass is 35.5. The van der Waals surface area contributed by atoms with Crippen molar-refractivity contribution in [2.24, 2.45) is 5.73 Å². The Morgan fingerprint density at radius 2 is 1.89 bits per heavy atom. The van der Waals surface area contributed by atoms with E-state index in [-0.39, 0.29) is 23.5 Å². The number of rotatable bonds is 9. The van der Waals surface area contributed by atoms with E-state index in [0.29, 0.717) is 26.9 Å². The molecule has 2 rings (SSSR count). The van der Waals surface area contributed by atoms with Crippen LogP contribution in [0.1, 0.15) is 23.6 Å². The quantitative estimate of drug-likeness (QED) is 0.421. The molecule has 0 aliphatic carbocycles. The number of carboxylic acids is 1. The predicted molar refractivity (Wildman–Crippen MR) is 111 cm³/mol. The molecule has 2 unspecified atom stereocenters. The van der Waals surface area contributed by atoms with Gasteiger partial charge in [-0.25, -0.2) is 0 Å². The average molecular weight is 472 g/mol. The number of benzene rings is 1. The van der Waals surface area contributed by atoms with E-state index in [2.05, 4.69) is 0 Å². The zero-order chi connectivity index (χ0) is 20.9. The number of thioether (sulfide) groups is 1. The molecule has 3 N–H and O–H groups in total. The average Bonchev–Trinajstić information content (AvgIpc) is 3.05. The van der Waals surface area contributed by atoms with Crippen molar-refractivity contribution in [3.8, 4) is 11.1 Å². The number of thiophene rings is 1. The van der Waals surface area contributed by atoms with Gasteiger partial charge in [-0.1, -0.05) is 29.3 Å². The maximum atomic E-state index is 13.5. The van der Waals surface area contributed by atoms with Crippen LogP contribution in [-0.4, -0.2) is 34.8 Å². The molecule has 0 spiro atoms. The zero-order valence-electron chi connectivity index (χ0n) is 14.5. The van der Waals surface area contributed by atoms with E-state index >= 15 is 0 Å². The molecule has 3 nitrogen and oxygen atoms in total. The molecule has 1 aromatic heterocycles. The molecule has 0 saturated carbocycles. The molecule has 0 fully saturated rings. The highest BCUT2D eigenvalue weighted by Crippen LogP contribution is 2.43. The third kappa shape index (κ3) is 6.56. The largest absolute Gasteiger partial charge is 0.480 e. The molecule has 0 aliphatic rings. The second-order valence-electron chi connectivity index (χ2n) is 6.09. The summed E-state index contributed by atoms with van der Waals surface area (Å²) in [5.74, 6) is -2.04. The second-order valence-corrected chi connectivity index (χ2v) is 9.10. The van der Waals surface area contributed by atoms with Gasteiger partial charge in [-0.05, 0) is 53.5 Å². The lowest BCUT2D eigenvalue weighted by molar-refractivity contribution is -0.150. The fourth-order valence-electron chi connectivity index (χ4n) is 2.50. The number of nitrogens with two attached hydrogens (primary N) is 1. The smallest absolute Gasteiger partial charge is 0.396 e. The Morgan fingerprint density at radius 1 is 1.21 bits per heavy atom. The first kappa shape index (κ1) is 23.3. The van der Waals surface area contributed by atoms with Gasteiger partial charge in [0.05, 0.1) is 5.92 Å². The minimum absolute atomic E-state index is 0.0925. The van der Waals surface area contributed by atoms with Crippen LogP contribution in [-0.2, 0) is 4.79 Å². The van der Waals surface area contributed by atoms with Crippen LogP contribution in [0.2, 0.25) is 10.0 Å². The summed E-state index contributed by atoms with van der Waals surface area (Å²) in [6.07, 6.45) is -4.25. The zero-order valence-corrected chi connectivity index (χ0v) is 17.7. The van der Waals surface area contributed by atoms with Crippen molar-refractivity contribution in [1.29, 1.82) is 0 Å². The first-order valence-electron chi connectivity index (χ1n) is 8.26. The molecule has 28 heavy (non-hydrogen) atoms. The van der Waals surface area contributed by atoms with Gasteiger partial charge >= 0.3 is 12.1 Å². The van der Waals surface area contributed by atoms with Crippen molar-refractivity contribution in [1.82, 2.24) is 0 Å². The highest BCUT2D eigenvalue weighted by molar-refractivity contribution is 7.99. The minimum Gasteiger partial charge on any atom is -0.480 e. The number of carboxylic acid groups (broad SMARTS) is 1. The van der Waals surface area contributed by atoms with Crippen LogP contribution in [0.3, 0.4) is 0 Å². The van der Waals surface area contributed by atoms with Crippen molar-refractivity contribution in [3.05, 3.63) is 44.6 Å². The number of hydrogen-bond donors (Lipinski definition) is 2. The van der Waals surface area contributed by atoms with Crippen LogP contribution >= 0.6 is 46.3 Å². The number of carbonyl (C=O) groups is 1. The van der Waals surface area contributed by atoms with Crippen molar-refractivity contribution < 1.29 is 23.1 Å². The van der Waals surface area contributed by atoms with Crippen LogP contribution in [0, 0.1) is 0 Å². The molecular weight excluding hydrogens is 454 g/mol. The number of hydrogen-bond acceptors (Lipinski definition) is 4. The molecule has 1 aromatic carbocycles. The number of alkyl halides is 3. The normalized spacial score (nSPS) is 14.1. The molecule has 154 valence electrons. The Morgan fingerprint density at radius 3 is 2.50 bits per heavy atom. The minimum atomic E-state index is -4.37. The SMILES string of the molecule is NC(CCSCCC(c1cc(-c2ccc(Cl)cc2Cl)cs1)C(F)(F)F)C(=O)O. The number of aliphatic carboxylic acids is 1. The predicted octanol–water partition coefficient (Wildman–Crippen LogP) is 6.29. The van der Waals surface area contributed by atoms with Crippen molar-refractivity contribution in [3.63, 3.8) is 0 Å². The van der Waals surface area contributed by atoms with Crippen molar-refractivity contribution >= 4 is 52.3 Å². The maximum absolute atomic E-state index is 13.5. The maximum Gasteiger partial charge on any atom is 0.396 e. The molecule has 0 amide bonds. The lowest BCUT2D eigenvalue weighted by Gasteiger charge is -2.19. The van der Waals surface area contributed by atoms with Crippen LogP contribution in [0.15, 0.2) is 29.6 Å². The van der Waals surface area contributed by atoms with Crippen molar-refractivity contribution in [2.75, 3.05) is 11.5 Å². The van der Waals surface area contributed by atoms with E-state index in [1.54, 1.807) is 23.6 Å². The summed E-state index contributed by atoms with van der Waals surface area (Å²) in [5.41, 5.74) is 6.64. The van der Waals surface area contributed by atoms with Crippen LogP contribution in [0.25, 0.3) is 11.1 Å². The third-order valence-electron chi connectivity index (χ3n) is 4.04. The lowest BCUT2D eigenvalue weighted by atomic mass is 10.0. The molecule has 2 aromatic rings. The molecule has 0 aliphatic heterocycles. The Hall–Kier alpha value is -0.930. The van der Waals surface area contributed by atoms with E-state index in [4.69, 9.17) is 34.0 Å². The van der Waals surface area contributed by atoms with Gasteiger partial charge in [0.25, 0.3) is 0 Å². The molecular formula is C18H18Cl2F3NO2S2. The van der Waals surface area contributed by atoms with Gasteiger partial charge in [-0.3, -0.25) is 4.79 Å². The number of halogens is 5. The van der Waals surface area contributed by atoms with Crippen LogP contribution < -0.4 is 5.73 Å². The van der Waals surface area contributed by atoms with Crippen LogP contribution in [0.5, 0.6) is 0 Å². The molecule has 2 atom stereocenters. The molecule has 0 bridgehead atoms. The first-order chi connectivity index (χ1) is 13.1. The van der Waals surface area contributed by atoms with Gasteiger partial charge in [-0.15, -0.1) is 11.3 Å². The van der Waals surface area contributed by atoms with E-state index < -0.39 is 24.1 Å². The lowest BCUT2D eigenvalue weighted by Crippen LogP contribution is -2.30. The highest BCUT2D eigenvalue weighted by Gasteiger charge is 2.41.